The summed E-state index contributed by atoms with van der Waals surface area (Å²) in [4.78, 5) is 11.7. The molecule has 3 heteroatoms. The van der Waals surface area contributed by atoms with Crippen molar-refractivity contribution in [3.8, 4) is 0 Å². The van der Waals surface area contributed by atoms with Crippen LogP contribution in [0, 0.1) is 35.5 Å². The van der Waals surface area contributed by atoms with Crippen molar-refractivity contribution in [2.24, 2.45) is 35.5 Å². The number of hydrogen-bond donors (Lipinski definition) is 0. The molecule has 4 fully saturated rings. The summed E-state index contributed by atoms with van der Waals surface area (Å²) in [6.07, 6.45) is 6.96. The van der Waals surface area contributed by atoms with Crippen molar-refractivity contribution in [3.63, 3.8) is 0 Å². The van der Waals surface area contributed by atoms with Crippen LogP contribution in [0.4, 0.5) is 0 Å². The Morgan fingerprint density at radius 1 is 1.12 bits per heavy atom. The third kappa shape index (κ3) is 1.62. The predicted octanol–water partition coefficient (Wildman–Crippen LogP) is 3.55. The molecular weight excluding hydrogens is 268 g/mol. The Kier molecular flexibility index (Phi) is 2.77. The van der Waals surface area contributed by atoms with Crippen molar-refractivity contribution < 1.29 is 8.62 Å². The van der Waals surface area contributed by atoms with E-state index in [-0.39, 0.29) is 11.9 Å². The zero-order valence-electron chi connectivity index (χ0n) is 9.69. The molecule has 4 bridgehead atoms. The van der Waals surface area contributed by atoms with Gasteiger partial charge in [0.1, 0.15) is 0 Å². The lowest BCUT2D eigenvalue weighted by Gasteiger charge is -2.55. The first-order chi connectivity index (χ1) is 7.69. The minimum absolute atomic E-state index is 0.0718. The first kappa shape index (κ1) is 11.1. The second kappa shape index (κ2) is 4.01. The van der Waals surface area contributed by atoms with Gasteiger partial charge in [0.05, 0.1) is 5.92 Å². The van der Waals surface area contributed by atoms with Crippen LogP contribution in [0.25, 0.3) is 0 Å². The van der Waals surface area contributed by atoms with Crippen molar-refractivity contribution >= 4 is 22.2 Å². The predicted molar refractivity (Wildman–Crippen MR) is 64.7 cm³/mol. The summed E-state index contributed by atoms with van der Waals surface area (Å²) in [7, 11) is 0. The lowest BCUT2D eigenvalue weighted by atomic mass is 9.50. The Balaban J connectivity index is 1.78. The van der Waals surface area contributed by atoms with E-state index in [4.69, 9.17) is 3.83 Å². The van der Waals surface area contributed by atoms with E-state index in [2.05, 4.69) is 23.2 Å². The van der Waals surface area contributed by atoms with Crippen LogP contribution in [0.15, 0.2) is 0 Å². The van der Waals surface area contributed by atoms with Crippen molar-refractivity contribution in [2.45, 2.75) is 39.0 Å². The lowest BCUT2D eigenvalue weighted by Crippen LogP contribution is -2.48. The fourth-order valence-electron chi connectivity index (χ4n) is 5.01. The molecule has 4 aliphatic rings. The monoisotopic (exact) mass is 286 g/mol. The van der Waals surface area contributed by atoms with Crippen LogP contribution in [0.2, 0.25) is 0 Å². The van der Waals surface area contributed by atoms with Gasteiger partial charge in [0.25, 0.3) is 0 Å². The molecule has 0 aromatic carbocycles. The number of carbonyl (C=O) groups is 1. The smallest absolute Gasteiger partial charge is 0.320 e. The molecule has 1 atom stereocenters. The second-order valence-electron chi connectivity index (χ2n) is 6.19. The molecule has 0 aromatic rings. The molecule has 0 N–H and O–H groups in total. The Hall–Kier alpha value is -0.0500. The Labute approximate surface area is 106 Å². The number of carbonyl (C=O) groups excluding carboxylic acids is 1. The van der Waals surface area contributed by atoms with Crippen LogP contribution < -0.4 is 0 Å². The standard InChI is InChI=1S/C13H19BrO2/c1-7(13(15)16-14)12-10-3-8-2-9(5-10)6-11(12)4-8/h7-12H,2-6H2,1H3. The highest BCUT2D eigenvalue weighted by Crippen LogP contribution is 2.58. The zero-order chi connectivity index (χ0) is 11.3. The first-order valence-electron chi connectivity index (χ1n) is 6.51. The normalized spacial score (nSPS) is 46.8. The number of rotatable bonds is 2. The highest BCUT2D eigenvalue weighted by Gasteiger charge is 2.51. The molecule has 1 unspecified atom stereocenters. The molecule has 0 aromatic heterocycles. The van der Waals surface area contributed by atoms with Gasteiger partial charge < -0.3 is 3.83 Å². The molecule has 4 saturated carbocycles. The van der Waals surface area contributed by atoms with Gasteiger partial charge in [-0.15, -0.1) is 0 Å². The molecule has 90 valence electrons. The third-order valence-electron chi connectivity index (χ3n) is 5.32. The van der Waals surface area contributed by atoms with E-state index in [1.807, 2.05) is 0 Å². The summed E-state index contributed by atoms with van der Waals surface area (Å²) < 4.78 is 4.74. The molecule has 0 spiro atoms. The molecule has 4 rings (SSSR count). The fourth-order valence-corrected chi connectivity index (χ4v) is 5.31. The third-order valence-corrected chi connectivity index (χ3v) is 5.64. The molecule has 0 saturated heterocycles. The molecular formula is C13H19BrO2. The lowest BCUT2D eigenvalue weighted by molar-refractivity contribution is -0.145. The van der Waals surface area contributed by atoms with Gasteiger partial charge in [-0.25, -0.2) is 0 Å². The topological polar surface area (TPSA) is 26.3 Å². The first-order valence-corrected chi connectivity index (χ1v) is 7.16. The van der Waals surface area contributed by atoms with E-state index in [9.17, 15) is 4.79 Å². The van der Waals surface area contributed by atoms with Crippen LogP contribution in [-0.4, -0.2) is 5.97 Å². The maximum atomic E-state index is 11.7. The van der Waals surface area contributed by atoms with E-state index in [0.29, 0.717) is 5.92 Å². The van der Waals surface area contributed by atoms with E-state index >= 15 is 0 Å². The van der Waals surface area contributed by atoms with Crippen molar-refractivity contribution in [1.29, 1.82) is 0 Å². The largest absolute Gasteiger partial charge is 0.383 e. The van der Waals surface area contributed by atoms with Crippen molar-refractivity contribution in [1.82, 2.24) is 0 Å². The zero-order valence-corrected chi connectivity index (χ0v) is 11.3. The highest BCUT2D eigenvalue weighted by molar-refractivity contribution is 9.06. The SMILES string of the molecule is CC(C(=O)OBr)C1C2CC3CC(C2)CC1C3. The Morgan fingerprint density at radius 3 is 2.06 bits per heavy atom. The Bertz CT molecular complexity index is 274. The van der Waals surface area contributed by atoms with Gasteiger partial charge >= 0.3 is 5.97 Å². The summed E-state index contributed by atoms with van der Waals surface area (Å²) in [6.45, 7) is 2.05. The van der Waals surface area contributed by atoms with E-state index < -0.39 is 0 Å². The summed E-state index contributed by atoms with van der Waals surface area (Å²) in [5, 5.41) is 0. The molecule has 2 nitrogen and oxygen atoms in total. The summed E-state index contributed by atoms with van der Waals surface area (Å²) in [5.74, 6) is 4.16. The minimum atomic E-state index is -0.0718. The van der Waals surface area contributed by atoms with Crippen LogP contribution in [0.3, 0.4) is 0 Å². The molecule has 16 heavy (non-hydrogen) atoms. The Morgan fingerprint density at radius 2 is 1.62 bits per heavy atom. The quantitative estimate of drug-likeness (QED) is 0.776. The maximum absolute atomic E-state index is 11.7. The van der Waals surface area contributed by atoms with Crippen molar-refractivity contribution in [3.05, 3.63) is 0 Å². The highest BCUT2D eigenvalue weighted by atomic mass is 79.9. The van der Waals surface area contributed by atoms with Crippen LogP contribution >= 0.6 is 16.3 Å². The molecule has 4 aliphatic carbocycles. The van der Waals surface area contributed by atoms with Gasteiger partial charge in [0, 0.05) is 0 Å². The van der Waals surface area contributed by atoms with E-state index in [1.165, 1.54) is 32.1 Å². The average Bonchev–Trinajstić information content (AvgIpc) is 2.26. The average molecular weight is 287 g/mol. The van der Waals surface area contributed by atoms with Crippen molar-refractivity contribution in [2.75, 3.05) is 0 Å². The van der Waals surface area contributed by atoms with Gasteiger partial charge in [0.2, 0.25) is 0 Å². The summed E-state index contributed by atoms with van der Waals surface area (Å²) in [6, 6.07) is 0. The van der Waals surface area contributed by atoms with Crippen LogP contribution in [0.1, 0.15) is 39.0 Å². The van der Waals surface area contributed by atoms with Gasteiger partial charge in [-0.3, -0.25) is 4.79 Å². The maximum Gasteiger partial charge on any atom is 0.320 e. The minimum Gasteiger partial charge on any atom is -0.383 e. The number of halogens is 1. The van der Waals surface area contributed by atoms with Gasteiger partial charge in [-0.2, -0.15) is 0 Å². The van der Waals surface area contributed by atoms with Crippen LogP contribution in [0.5, 0.6) is 0 Å². The van der Waals surface area contributed by atoms with E-state index in [1.54, 1.807) is 0 Å². The fraction of sp³-hybridized carbons (Fsp3) is 0.923. The molecule has 0 amide bonds. The summed E-state index contributed by atoms with van der Waals surface area (Å²) in [5.41, 5.74) is 0. The molecule has 0 aliphatic heterocycles. The van der Waals surface area contributed by atoms with E-state index in [0.717, 1.165) is 23.7 Å². The van der Waals surface area contributed by atoms with Gasteiger partial charge in [0.15, 0.2) is 16.3 Å². The van der Waals surface area contributed by atoms with Gasteiger partial charge in [-0.1, -0.05) is 6.92 Å². The summed E-state index contributed by atoms with van der Waals surface area (Å²) >= 11 is 2.83. The van der Waals surface area contributed by atoms with Gasteiger partial charge in [-0.05, 0) is 61.7 Å². The van der Waals surface area contributed by atoms with Crippen LogP contribution in [-0.2, 0) is 8.62 Å². The number of hydrogen-bond acceptors (Lipinski definition) is 2. The molecule has 0 heterocycles. The molecule has 0 radical (unpaired) electrons. The second-order valence-corrected chi connectivity index (χ2v) is 6.52.